The van der Waals surface area contributed by atoms with Gasteiger partial charge >= 0.3 is 0 Å². The summed E-state index contributed by atoms with van der Waals surface area (Å²) in [6, 6.07) is 62.6. The van der Waals surface area contributed by atoms with Crippen molar-refractivity contribution in [2.75, 3.05) is 0 Å². The van der Waals surface area contributed by atoms with Crippen molar-refractivity contribution >= 4 is 55.1 Å². The largest absolute Gasteiger partial charge is 0.359 e. The molecule has 0 saturated heterocycles. The molecule has 1 unspecified atom stereocenters. The summed E-state index contributed by atoms with van der Waals surface area (Å²) in [6.07, 6.45) is 1.92. The number of benzene rings is 7. The highest BCUT2D eigenvalue weighted by Crippen LogP contribution is 2.42. The van der Waals surface area contributed by atoms with E-state index in [9.17, 15) is 0 Å². The molecule has 2 aromatic heterocycles. The number of aromatic nitrogens is 2. The molecule has 0 saturated carbocycles. The van der Waals surface area contributed by atoms with Crippen molar-refractivity contribution in [3.63, 3.8) is 0 Å². The molecule has 4 heteroatoms. The van der Waals surface area contributed by atoms with Gasteiger partial charge in [-0.15, -0.1) is 0 Å². The molecule has 0 bridgehead atoms. The fourth-order valence-corrected chi connectivity index (χ4v) is 7.72. The molecule has 0 amide bonds. The van der Waals surface area contributed by atoms with Crippen LogP contribution in [-0.2, 0) is 0 Å². The molecule has 1 aliphatic heterocycles. The average Bonchev–Trinajstić information content (AvgIpc) is 3.72. The van der Waals surface area contributed by atoms with Crippen molar-refractivity contribution in [3.8, 4) is 16.8 Å². The summed E-state index contributed by atoms with van der Waals surface area (Å²) in [5.41, 5.74) is 11.4. The van der Waals surface area contributed by atoms with E-state index in [1.165, 1.54) is 43.7 Å². The molecule has 0 radical (unpaired) electrons. The van der Waals surface area contributed by atoms with Crippen LogP contribution in [0.4, 0.5) is 0 Å². The fraction of sp³-hybridized carbons (Fsp3) is 0.0217. The van der Waals surface area contributed by atoms with E-state index >= 15 is 0 Å². The highest BCUT2D eigenvalue weighted by atomic mass is 15.2. The third-order valence-corrected chi connectivity index (χ3v) is 9.94. The zero-order valence-electron chi connectivity index (χ0n) is 27.2. The van der Waals surface area contributed by atoms with Crippen LogP contribution in [0.25, 0.3) is 66.1 Å². The molecular weight excluding hydrogens is 609 g/mol. The first-order valence-corrected chi connectivity index (χ1v) is 17.1. The normalized spacial score (nSPS) is 14.6. The average molecular weight is 641 g/mol. The summed E-state index contributed by atoms with van der Waals surface area (Å²) < 4.78 is 4.75. The number of para-hydroxylation sites is 3. The Morgan fingerprint density at radius 2 is 0.980 bits per heavy atom. The van der Waals surface area contributed by atoms with Crippen molar-refractivity contribution < 1.29 is 0 Å². The van der Waals surface area contributed by atoms with Crippen LogP contribution in [0.1, 0.15) is 17.3 Å². The third kappa shape index (κ3) is 4.50. The molecule has 1 aliphatic rings. The van der Waals surface area contributed by atoms with Crippen LogP contribution >= 0.6 is 0 Å². The van der Waals surface area contributed by atoms with Crippen molar-refractivity contribution in [1.29, 1.82) is 0 Å². The van der Waals surface area contributed by atoms with Crippen LogP contribution < -0.4 is 5.32 Å². The molecule has 236 valence electrons. The van der Waals surface area contributed by atoms with Gasteiger partial charge in [-0.05, 0) is 64.7 Å². The van der Waals surface area contributed by atoms with Crippen LogP contribution in [0.3, 0.4) is 0 Å². The van der Waals surface area contributed by atoms with Gasteiger partial charge in [-0.2, -0.15) is 0 Å². The standard InChI is InChI=1S/C46H32N4/c1-4-15-31(16-5-1)33-19-14-20-34(29-33)46-47-38(32-17-6-2-7-18-32)30-43(48-46)50-40-26-13-11-24-37(40)45-42(50)28-27-41-44(45)36-23-10-12-25-39(36)49(41)35-21-8-3-9-22-35/h1-30,46-47H. The second-order valence-corrected chi connectivity index (χ2v) is 12.8. The first kappa shape index (κ1) is 28.4. The van der Waals surface area contributed by atoms with Gasteiger partial charge in [-0.25, -0.2) is 4.99 Å². The third-order valence-electron chi connectivity index (χ3n) is 9.94. The highest BCUT2D eigenvalue weighted by Gasteiger charge is 2.25. The Labute approximate surface area is 289 Å². The quantitative estimate of drug-likeness (QED) is 0.204. The molecule has 3 heterocycles. The number of aliphatic imine (C=N–C) groups is 1. The number of hydrogen-bond acceptors (Lipinski definition) is 2. The zero-order valence-corrected chi connectivity index (χ0v) is 27.2. The number of fused-ring (bicyclic) bond motifs is 7. The van der Waals surface area contributed by atoms with E-state index < -0.39 is 0 Å². The second-order valence-electron chi connectivity index (χ2n) is 12.8. The number of nitrogens with zero attached hydrogens (tertiary/aromatic N) is 3. The molecule has 0 fully saturated rings. The number of hydrogen-bond donors (Lipinski definition) is 1. The monoisotopic (exact) mass is 640 g/mol. The molecule has 0 spiro atoms. The van der Waals surface area contributed by atoms with Gasteiger partial charge in [-0.3, -0.25) is 4.57 Å². The molecule has 1 N–H and O–H groups in total. The molecule has 0 aliphatic carbocycles. The van der Waals surface area contributed by atoms with Crippen molar-refractivity contribution in [2.45, 2.75) is 6.17 Å². The zero-order chi connectivity index (χ0) is 33.0. The molecular formula is C46H32N4. The molecule has 50 heavy (non-hydrogen) atoms. The maximum atomic E-state index is 5.49. The Balaban J connectivity index is 1.24. The van der Waals surface area contributed by atoms with Gasteiger partial charge in [0, 0.05) is 39.0 Å². The van der Waals surface area contributed by atoms with Crippen LogP contribution in [0.15, 0.2) is 187 Å². The van der Waals surface area contributed by atoms with Crippen LogP contribution in [0, 0.1) is 0 Å². The predicted molar refractivity (Wildman–Crippen MR) is 209 cm³/mol. The lowest BCUT2D eigenvalue weighted by atomic mass is 10.0. The SMILES string of the molecule is C1=C(c2ccccc2)NC(c2cccc(-c3ccccc3)c2)N=C1n1c2ccccc2c2c3c4ccccc4n(-c4ccccc4)c3ccc21. The van der Waals surface area contributed by atoms with Crippen LogP contribution in [0.2, 0.25) is 0 Å². The van der Waals surface area contributed by atoms with E-state index in [2.05, 4.69) is 196 Å². The van der Waals surface area contributed by atoms with Gasteiger partial charge in [0.05, 0.1) is 22.1 Å². The van der Waals surface area contributed by atoms with E-state index in [0.29, 0.717) is 0 Å². The van der Waals surface area contributed by atoms with Gasteiger partial charge < -0.3 is 9.88 Å². The molecule has 1 atom stereocenters. The summed E-state index contributed by atoms with van der Waals surface area (Å²) in [5.74, 6) is 0.898. The molecule has 7 aromatic carbocycles. The van der Waals surface area contributed by atoms with E-state index in [0.717, 1.165) is 39.4 Å². The van der Waals surface area contributed by atoms with Crippen molar-refractivity contribution in [2.24, 2.45) is 4.99 Å². The van der Waals surface area contributed by atoms with Crippen molar-refractivity contribution in [1.82, 2.24) is 14.5 Å². The Kier molecular flexibility index (Phi) is 6.53. The Hall–Kier alpha value is -6.65. The first-order chi connectivity index (χ1) is 24.8. The highest BCUT2D eigenvalue weighted by molar-refractivity contribution is 6.30. The van der Waals surface area contributed by atoms with E-state index in [-0.39, 0.29) is 6.17 Å². The summed E-state index contributed by atoms with van der Waals surface area (Å²) in [6.45, 7) is 0. The topological polar surface area (TPSA) is 34.2 Å². The fourth-order valence-electron chi connectivity index (χ4n) is 7.72. The van der Waals surface area contributed by atoms with E-state index in [4.69, 9.17) is 4.99 Å². The molecule has 10 rings (SSSR count). The minimum Gasteiger partial charge on any atom is -0.359 e. The van der Waals surface area contributed by atoms with Gasteiger partial charge in [0.2, 0.25) is 0 Å². The Morgan fingerprint density at radius 1 is 0.440 bits per heavy atom. The molecule has 4 nitrogen and oxygen atoms in total. The summed E-state index contributed by atoms with van der Waals surface area (Å²) in [4.78, 5) is 5.49. The summed E-state index contributed by atoms with van der Waals surface area (Å²) >= 11 is 0. The summed E-state index contributed by atoms with van der Waals surface area (Å²) in [7, 11) is 0. The minimum atomic E-state index is -0.284. The molecule has 9 aromatic rings. The van der Waals surface area contributed by atoms with Crippen LogP contribution in [-0.4, -0.2) is 15.0 Å². The first-order valence-electron chi connectivity index (χ1n) is 17.1. The number of rotatable bonds is 4. The number of nitrogens with one attached hydrogen (secondary N) is 1. The Morgan fingerprint density at radius 3 is 1.66 bits per heavy atom. The van der Waals surface area contributed by atoms with E-state index in [1.807, 2.05) is 0 Å². The maximum absolute atomic E-state index is 5.49. The summed E-state index contributed by atoms with van der Waals surface area (Å²) in [5, 5.41) is 8.73. The second kappa shape index (κ2) is 11.5. The minimum absolute atomic E-state index is 0.284. The Bertz CT molecular complexity index is 2770. The van der Waals surface area contributed by atoms with Gasteiger partial charge in [0.25, 0.3) is 0 Å². The lowest BCUT2D eigenvalue weighted by Gasteiger charge is -2.26. The lowest BCUT2D eigenvalue weighted by molar-refractivity contribution is 0.660. The maximum Gasteiger partial charge on any atom is 0.147 e. The van der Waals surface area contributed by atoms with Gasteiger partial charge in [0.15, 0.2) is 0 Å². The van der Waals surface area contributed by atoms with Crippen LogP contribution in [0.5, 0.6) is 0 Å². The van der Waals surface area contributed by atoms with Gasteiger partial charge in [0.1, 0.15) is 12.0 Å². The lowest BCUT2D eigenvalue weighted by Crippen LogP contribution is -2.27. The predicted octanol–water partition coefficient (Wildman–Crippen LogP) is 11.1. The number of allylic oxidation sites excluding steroid dienone is 1. The van der Waals surface area contributed by atoms with Gasteiger partial charge in [-0.1, -0.05) is 133 Å². The van der Waals surface area contributed by atoms with Crippen molar-refractivity contribution in [3.05, 3.63) is 193 Å². The van der Waals surface area contributed by atoms with E-state index in [1.54, 1.807) is 0 Å². The smallest absolute Gasteiger partial charge is 0.147 e.